The maximum Gasteiger partial charge on any atom is 0.416 e. The van der Waals surface area contributed by atoms with E-state index in [1.165, 1.54) is 29.7 Å². The number of halogens is 3. The molecule has 3 amide bonds. The fourth-order valence-corrected chi connectivity index (χ4v) is 4.04. The Kier molecular flexibility index (Phi) is 5.59. The minimum absolute atomic E-state index is 0.271. The summed E-state index contributed by atoms with van der Waals surface area (Å²) in [5.74, 6) is -0.372. The molecule has 1 aliphatic rings. The van der Waals surface area contributed by atoms with Gasteiger partial charge in [0.25, 0.3) is 5.91 Å². The molecular weight excluding hydrogens is 431 g/mol. The van der Waals surface area contributed by atoms with Gasteiger partial charge in [-0.1, -0.05) is 17.4 Å². The Bertz CT molecular complexity index is 1100. The average molecular weight is 447 g/mol. The molecule has 11 heteroatoms. The molecule has 0 saturated carbocycles. The number of aromatic nitrogens is 2. The molecular formula is C20H16F3N5O2S. The molecule has 0 spiro atoms. The smallest absolute Gasteiger partial charge is 0.319 e. The summed E-state index contributed by atoms with van der Waals surface area (Å²) >= 11 is 1.27. The van der Waals surface area contributed by atoms with Crippen LogP contribution < -0.4 is 10.6 Å². The van der Waals surface area contributed by atoms with Crippen LogP contribution in [-0.4, -0.2) is 33.4 Å². The lowest BCUT2D eigenvalue weighted by Crippen LogP contribution is -2.38. The summed E-state index contributed by atoms with van der Waals surface area (Å²) in [6.07, 6.45) is -2.40. The summed E-state index contributed by atoms with van der Waals surface area (Å²) in [5.41, 5.74) is 0.572. The second-order valence-corrected chi connectivity index (χ2v) is 7.82. The molecule has 0 unspecified atom stereocenters. The Balaban J connectivity index is 1.38. The van der Waals surface area contributed by atoms with Crippen LogP contribution >= 0.6 is 11.3 Å². The summed E-state index contributed by atoms with van der Waals surface area (Å²) in [6, 6.07) is 8.87. The van der Waals surface area contributed by atoms with E-state index in [1.807, 2.05) is 0 Å². The van der Waals surface area contributed by atoms with Gasteiger partial charge in [0.05, 0.1) is 17.8 Å². The number of carbonyl (C=O) groups is 2. The van der Waals surface area contributed by atoms with Gasteiger partial charge in [-0.05, 0) is 36.4 Å². The lowest BCUT2D eigenvalue weighted by molar-refractivity contribution is -0.137. The van der Waals surface area contributed by atoms with Gasteiger partial charge in [0.1, 0.15) is 5.69 Å². The third kappa shape index (κ3) is 4.82. The standard InChI is InChI=1S/C20H16F3N5O2S/c21-20(22,23)12-4-6-13(7-5-12)25-19(30)28-10-8-14-16(11-28)31-18(26-14)27-17(29)15-3-1-2-9-24-15/h1-7,9H,8,10-11H2,(H,25,30)(H,26,27,29). The molecule has 160 valence electrons. The van der Waals surface area contributed by atoms with E-state index >= 15 is 0 Å². The number of alkyl halides is 3. The van der Waals surface area contributed by atoms with Crippen LogP contribution in [0.15, 0.2) is 48.7 Å². The van der Waals surface area contributed by atoms with E-state index in [1.54, 1.807) is 23.1 Å². The zero-order valence-electron chi connectivity index (χ0n) is 15.9. The van der Waals surface area contributed by atoms with Gasteiger partial charge in [0, 0.05) is 29.7 Å². The second-order valence-electron chi connectivity index (χ2n) is 6.73. The van der Waals surface area contributed by atoms with Crippen LogP contribution in [0.3, 0.4) is 0 Å². The third-order valence-electron chi connectivity index (χ3n) is 4.60. The van der Waals surface area contributed by atoms with Crippen LogP contribution in [0.4, 0.5) is 28.8 Å². The monoisotopic (exact) mass is 447 g/mol. The maximum atomic E-state index is 12.7. The SMILES string of the molecule is O=C(Nc1nc2c(s1)CN(C(=O)Nc1ccc(C(F)(F)F)cc1)CC2)c1ccccn1. The molecule has 0 atom stereocenters. The number of rotatable bonds is 3. The minimum atomic E-state index is -4.43. The van der Waals surface area contributed by atoms with E-state index in [0.29, 0.717) is 24.6 Å². The number of pyridine rings is 1. The number of thiazole rings is 1. The normalized spacial score (nSPS) is 13.5. The highest BCUT2D eigenvalue weighted by atomic mass is 32.1. The highest BCUT2D eigenvalue weighted by molar-refractivity contribution is 7.15. The van der Waals surface area contributed by atoms with Crippen LogP contribution in [0.2, 0.25) is 0 Å². The predicted octanol–water partition coefficient (Wildman–Crippen LogP) is 4.40. The van der Waals surface area contributed by atoms with Crippen molar-refractivity contribution in [3.05, 3.63) is 70.5 Å². The van der Waals surface area contributed by atoms with Gasteiger partial charge in [-0.15, -0.1) is 0 Å². The van der Waals surface area contributed by atoms with Crippen molar-refractivity contribution in [2.75, 3.05) is 17.2 Å². The summed E-state index contributed by atoms with van der Waals surface area (Å²) in [7, 11) is 0. The van der Waals surface area contributed by atoms with E-state index in [-0.39, 0.29) is 17.3 Å². The molecule has 31 heavy (non-hydrogen) atoms. The first-order chi connectivity index (χ1) is 14.8. The van der Waals surface area contributed by atoms with Gasteiger partial charge in [-0.25, -0.2) is 9.78 Å². The van der Waals surface area contributed by atoms with Gasteiger partial charge in [0.15, 0.2) is 5.13 Å². The molecule has 3 heterocycles. The first-order valence-corrected chi connectivity index (χ1v) is 10.1. The minimum Gasteiger partial charge on any atom is -0.319 e. The number of anilines is 2. The van der Waals surface area contributed by atoms with Crippen molar-refractivity contribution in [2.45, 2.75) is 19.1 Å². The molecule has 0 fully saturated rings. The topological polar surface area (TPSA) is 87.2 Å². The van der Waals surface area contributed by atoms with Crippen molar-refractivity contribution >= 4 is 34.1 Å². The van der Waals surface area contributed by atoms with E-state index in [4.69, 9.17) is 0 Å². The average Bonchev–Trinajstić information content (AvgIpc) is 3.15. The number of amides is 3. The van der Waals surface area contributed by atoms with E-state index in [0.717, 1.165) is 22.7 Å². The fraction of sp³-hybridized carbons (Fsp3) is 0.200. The Morgan fingerprint density at radius 3 is 2.52 bits per heavy atom. The van der Waals surface area contributed by atoms with Crippen molar-refractivity contribution in [1.82, 2.24) is 14.9 Å². The van der Waals surface area contributed by atoms with Crippen molar-refractivity contribution in [3.8, 4) is 0 Å². The second kappa shape index (κ2) is 8.34. The van der Waals surface area contributed by atoms with Crippen molar-refractivity contribution in [3.63, 3.8) is 0 Å². The summed E-state index contributed by atoms with van der Waals surface area (Å²) in [4.78, 5) is 35.6. The van der Waals surface area contributed by atoms with Gasteiger partial charge in [-0.3, -0.25) is 15.1 Å². The van der Waals surface area contributed by atoms with Crippen LogP contribution in [0.25, 0.3) is 0 Å². The number of fused-ring (bicyclic) bond motifs is 1. The first-order valence-electron chi connectivity index (χ1n) is 9.24. The number of urea groups is 1. The molecule has 2 N–H and O–H groups in total. The van der Waals surface area contributed by atoms with Crippen LogP contribution in [0.5, 0.6) is 0 Å². The highest BCUT2D eigenvalue weighted by Crippen LogP contribution is 2.31. The molecule has 3 aromatic rings. The van der Waals surface area contributed by atoms with Crippen molar-refractivity contribution in [1.29, 1.82) is 0 Å². The summed E-state index contributed by atoms with van der Waals surface area (Å²) < 4.78 is 38.0. The predicted molar refractivity (Wildman–Crippen MR) is 109 cm³/mol. The van der Waals surface area contributed by atoms with Gasteiger partial charge in [0.2, 0.25) is 0 Å². The van der Waals surface area contributed by atoms with Crippen molar-refractivity contribution in [2.24, 2.45) is 0 Å². The quantitative estimate of drug-likeness (QED) is 0.623. The first kappa shape index (κ1) is 20.8. The Morgan fingerprint density at radius 2 is 1.84 bits per heavy atom. The Hall–Kier alpha value is -3.47. The lowest BCUT2D eigenvalue weighted by atomic mass is 10.2. The fourth-order valence-electron chi connectivity index (χ4n) is 3.03. The lowest BCUT2D eigenvalue weighted by Gasteiger charge is -2.26. The van der Waals surface area contributed by atoms with Crippen molar-refractivity contribution < 1.29 is 22.8 Å². The van der Waals surface area contributed by atoms with E-state index in [2.05, 4.69) is 20.6 Å². The van der Waals surface area contributed by atoms with Gasteiger partial charge >= 0.3 is 12.2 Å². The van der Waals surface area contributed by atoms with Crippen LogP contribution in [0, 0.1) is 0 Å². The number of benzene rings is 1. The number of nitrogens with zero attached hydrogens (tertiary/aromatic N) is 3. The molecule has 2 aromatic heterocycles. The molecule has 0 bridgehead atoms. The Labute approximate surface area is 178 Å². The molecule has 7 nitrogen and oxygen atoms in total. The zero-order valence-corrected chi connectivity index (χ0v) is 16.8. The number of hydrogen-bond acceptors (Lipinski definition) is 5. The number of carbonyl (C=O) groups excluding carboxylic acids is 2. The Morgan fingerprint density at radius 1 is 1.06 bits per heavy atom. The molecule has 4 rings (SSSR count). The zero-order chi connectivity index (χ0) is 22.0. The maximum absolute atomic E-state index is 12.7. The number of hydrogen-bond donors (Lipinski definition) is 2. The van der Waals surface area contributed by atoms with Gasteiger partial charge < -0.3 is 10.2 Å². The van der Waals surface area contributed by atoms with E-state index in [9.17, 15) is 22.8 Å². The van der Waals surface area contributed by atoms with Gasteiger partial charge in [-0.2, -0.15) is 13.2 Å². The largest absolute Gasteiger partial charge is 0.416 e. The van der Waals surface area contributed by atoms with E-state index < -0.39 is 17.8 Å². The molecule has 1 aromatic carbocycles. The highest BCUT2D eigenvalue weighted by Gasteiger charge is 2.30. The summed E-state index contributed by atoms with van der Waals surface area (Å²) in [6.45, 7) is 0.690. The third-order valence-corrected chi connectivity index (χ3v) is 5.60. The summed E-state index contributed by atoms with van der Waals surface area (Å²) in [5, 5.41) is 5.74. The van der Waals surface area contributed by atoms with Crippen LogP contribution in [-0.2, 0) is 19.1 Å². The molecule has 1 aliphatic heterocycles. The molecule has 0 saturated heterocycles. The molecule has 0 aliphatic carbocycles. The molecule has 0 radical (unpaired) electrons. The van der Waals surface area contributed by atoms with Crippen LogP contribution in [0.1, 0.15) is 26.6 Å². The number of nitrogens with one attached hydrogen (secondary N) is 2.